The molecule has 2 nitrogen and oxygen atoms in total. The largest absolute Gasteiger partial charge is 0.393 e. The van der Waals surface area contributed by atoms with Crippen molar-refractivity contribution in [3.05, 3.63) is 0 Å². The van der Waals surface area contributed by atoms with Gasteiger partial charge in [-0.2, -0.15) is 0 Å². The quantitative estimate of drug-likeness (QED) is 0.505. The van der Waals surface area contributed by atoms with Gasteiger partial charge in [-0.15, -0.1) is 5.92 Å². The van der Waals surface area contributed by atoms with Crippen LogP contribution in [-0.4, -0.2) is 24.3 Å². The molecule has 0 heterocycles. The Morgan fingerprint density at radius 3 is 2.85 bits per heavy atom. The number of aliphatic hydroxyl groups is 1. The zero-order valence-electron chi connectivity index (χ0n) is 8.34. The first kappa shape index (κ1) is 10.6. The van der Waals surface area contributed by atoms with E-state index in [0.29, 0.717) is 5.92 Å². The van der Waals surface area contributed by atoms with E-state index in [1.54, 1.807) is 0 Å². The third kappa shape index (κ3) is 3.80. The molecule has 0 spiro atoms. The summed E-state index contributed by atoms with van der Waals surface area (Å²) in [5.41, 5.74) is 0. The van der Waals surface area contributed by atoms with Gasteiger partial charge < -0.3 is 10.4 Å². The monoisotopic (exact) mass is 181 g/mol. The van der Waals surface area contributed by atoms with E-state index in [0.717, 1.165) is 25.9 Å². The summed E-state index contributed by atoms with van der Waals surface area (Å²) in [5.74, 6) is 6.25. The van der Waals surface area contributed by atoms with Crippen LogP contribution in [0.25, 0.3) is 0 Å². The summed E-state index contributed by atoms with van der Waals surface area (Å²) in [6.45, 7) is 3.51. The Labute approximate surface area is 80.7 Å². The van der Waals surface area contributed by atoms with Crippen LogP contribution in [0.2, 0.25) is 0 Å². The van der Waals surface area contributed by atoms with Crippen molar-refractivity contribution in [2.75, 3.05) is 13.1 Å². The van der Waals surface area contributed by atoms with E-state index in [2.05, 4.69) is 17.2 Å². The lowest BCUT2D eigenvalue weighted by molar-refractivity contribution is 0.0702. The van der Waals surface area contributed by atoms with Gasteiger partial charge in [0.1, 0.15) is 0 Å². The smallest absolute Gasteiger partial charge is 0.0580 e. The van der Waals surface area contributed by atoms with Gasteiger partial charge in [-0.05, 0) is 25.7 Å². The van der Waals surface area contributed by atoms with E-state index in [1.165, 1.54) is 12.8 Å². The topological polar surface area (TPSA) is 32.3 Å². The molecule has 0 aromatic rings. The number of aliphatic hydroxyl groups excluding tert-OH is 1. The first-order valence-electron chi connectivity index (χ1n) is 5.13. The molecule has 1 saturated carbocycles. The van der Waals surface area contributed by atoms with Gasteiger partial charge in [0.25, 0.3) is 0 Å². The molecule has 2 unspecified atom stereocenters. The zero-order valence-corrected chi connectivity index (χ0v) is 8.34. The third-order valence-corrected chi connectivity index (χ3v) is 2.67. The standard InChI is InChI=1S/C11H19NO/c1-2-3-8-12-9-10-6-4-5-7-11(10)13/h10-13H,4-9H2,1H3. The molecule has 1 fully saturated rings. The zero-order chi connectivity index (χ0) is 9.52. The van der Waals surface area contributed by atoms with Crippen molar-refractivity contribution in [1.82, 2.24) is 5.32 Å². The van der Waals surface area contributed by atoms with Crippen molar-refractivity contribution in [3.8, 4) is 11.8 Å². The molecule has 1 aliphatic rings. The Bertz CT molecular complexity index is 192. The molecule has 1 aliphatic carbocycles. The number of hydrogen-bond acceptors (Lipinski definition) is 2. The van der Waals surface area contributed by atoms with Crippen LogP contribution in [0.5, 0.6) is 0 Å². The molecule has 0 aromatic heterocycles. The van der Waals surface area contributed by atoms with E-state index >= 15 is 0 Å². The van der Waals surface area contributed by atoms with Gasteiger partial charge >= 0.3 is 0 Å². The van der Waals surface area contributed by atoms with E-state index in [1.807, 2.05) is 6.92 Å². The molecule has 13 heavy (non-hydrogen) atoms. The Balaban J connectivity index is 2.14. The maximum absolute atomic E-state index is 9.65. The molecule has 2 N–H and O–H groups in total. The highest BCUT2D eigenvalue weighted by Gasteiger charge is 2.21. The van der Waals surface area contributed by atoms with Crippen molar-refractivity contribution in [3.63, 3.8) is 0 Å². The molecule has 0 aliphatic heterocycles. The summed E-state index contributed by atoms with van der Waals surface area (Å²) in [5, 5.41) is 12.9. The minimum absolute atomic E-state index is 0.0872. The molecule has 0 radical (unpaired) electrons. The summed E-state index contributed by atoms with van der Waals surface area (Å²) >= 11 is 0. The molecule has 0 saturated heterocycles. The van der Waals surface area contributed by atoms with Crippen molar-refractivity contribution in [1.29, 1.82) is 0 Å². The second-order valence-corrected chi connectivity index (χ2v) is 3.67. The second kappa shape index (κ2) is 6.01. The fourth-order valence-corrected chi connectivity index (χ4v) is 1.83. The molecular formula is C11H19NO. The molecule has 0 aromatic carbocycles. The lowest BCUT2D eigenvalue weighted by Gasteiger charge is -2.27. The van der Waals surface area contributed by atoms with E-state index in [4.69, 9.17) is 0 Å². The minimum atomic E-state index is -0.0872. The van der Waals surface area contributed by atoms with Crippen LogP contribution < -0.4 is 5.32 Å². The highest BCUT2D eigenvalue weighted by molar-refractivity contribution is 4.97. The third-order valence-electron chi connectivity index (χ3n) is 2.67. The van der Waals surface area contributed by atoms with Gasteiger partial charge in [-0.1, -0.05) is 18.8 Å². The second-order valence-electron chi connectivity index (χ2n) is 3.67. The van der Waals surface area contributed by atoms with Crippen LogP contribution in [0.4, 0.5) is 0 Å². The van der Waals surface area contributed by atoms with Gasteiger partial charge in [0.2, 0.25) is 0 Å². The fraction of sp³-hybridized carbons (Fsp3) is 0.818. The van der Waals surface area contributed by atoms with Crippen LogP contribution in [0, 0.1) is 17.8 Å². The highest BCUT2D eigenvalue weighted by Crippen LogP contribution is 2.23. The first-order valence-corrected chi connectivity index (χ1v) is 5.13. The molecule has 2 atom stereocenters. The van der Waals surface area contributed by atoms with Gasteiger partial charge in [0.15, 0.2) is 0 Å². The van der Waals surface area contributed by atoms with E-state index in [-0.39, 0.29) is 6.10 Å². The molecule has 0 amide bonds. The van der Waals surface area contributed by atoms with Crippen LogP contribution in [0.1, 0.15) is 32.6 Å². The maximum Gasteiger partial charge on any atom is 0.0580 e. The highest BCUT2D eigenvalue weighted by atomic mass is 16.3. The lowest BCUT2D eigenvalue weighted by atomic mass is 9.86. The molecule has 2 heteroatoms. The summed E-state index contributed by atoms with van der Waals surface area (Å²) in [6, 6.07) is 0. The Hall–Kier alpha value is -0.520. The van der Waals surface area contributed by atoms with Crippen LogP contribution in [0.15, 0.2) is 0 Å². The first-order chi connectivity index (χ1) is 6.34. The number of hydrogen-bond donors (Lipinski definition) is 2. The van der Waals surface area contributed by atoms with Gasteiger partial charge in [-0.3, -0.25) is 0 Å². The van der Waals surface area contributed by atoms with Gasteiger partial charge in [0.05, 0.1) is 12.6 Å². The molecular weight excluding hydrogens is 162 g/mol. The van der Waals surface area contributed by atoms with Crippen LogP contribution in [0.3, 0.4) is 0 Å². The Morgan fingerprint density at radius 1 is 1.38 bits per heavy atom. The summed E-state index contributed by atoms with van der Waals surface area (Å²) in [4.78, 5) is 0. The number of rotatable bonds is 3. The van der Waals surface area contributed by atoms with Crippen molar-refractivity contribution in [2.45, 2.75) is 38.7 Å². The molecule has 74 valence electrons. The van der Waals surface area contributed by atoms with Crippen molar-refractivity contribution in [2.24, 2.45) is 5.92 Å². The van der Waals surface area contributed by atoms with Gasteiger partial charge in [-0.25, -0.2) is 0 Å². The summed E-state index contributed by atoms with van der Waals surface area (Å²) in [7, 11) is 0. The van der Waals surface area contributed by atoms with Gasteiger partial charge in [0, 0.05) is 6.54 Å². The average Bonchev–Trinajstić information content (AvgIpc) is 2.15. The fourth-order valence-electron chi connectivity index (χ4n) is 1.83. The van der Waals surface area contributed by atoms with E-state index in [9.17, 15) is 5.11 Å². The maximum atomic E-state index is 9.65. The van der Waals surface area contributed by atoms with Crippen LogP contribution >= 0.6 is 0 Å². The SMILES string of the molecule is CC#CCNCC1CCCCC1O. The van der Waals surface area contributed by atoms with Crippen molar-refractivity contribution < 1.29 is 5.11 Å². The minimum Gasteiger partial charge on any atom is -0.393 e. The summed E-state index contributed by atoms with van der Waals surface area (Å²) < 4.78 is 0. The molecule has 0 bridgehead atoms. The van der Waals surface area contributed by atoms with E-state index < -0.39 is 0 Å². The van der Waals surface area contributed by atoms with Crippen molar-refractivity contribution >= 4 is 0 Å². The number of nitrogens with one attached hydrogen (secondary N) is 1. The van der Waals surface area contributed by atoms with Crippen LogP contribution in [-0.2, 0) is 0 Å². The lowest BCUT2D eigenvalue weighted by Crippen LogP contribution is -2.33. The normalized spacial score (nSPS) is 27.8. The predicted molar refractivity (Wildman–Crippen MR) is 54.3 cm³/mol. The molecule has 1 rings (SSSR count). The summed E-state index contributed by atoms with van der Waals surface area (Å²) in [6.07, 6.45) is 4.50. The Kier molecular flexibility index (Phi) is 4.88. The predicted octanol–water partition coefficient (Wildman–Crippen LogP) is 1.15. The Morgan fingerprint density at radius 2 is 2.15 bits per heavy atom. The average molecular weight is 181 g/mol.